The summed E-state index contributed by atoms with van der Waals surface area (Å²) in [4.78, 5) is 17.9. The smallest absolute Gasteiger partial charge is 0.268 e. The molecule has 1 heterocycles. The van der Waals surface area contributed by atoms with Gasteiger partial charge in [0.15, 0.2) is 0 Å². The third-order valence-corrected chi connectivity index (χ3v) is 5.79. The van der Waals surface area contributed by atoms with Crippen LogP contribution in [0.3, 0.4) is 0 Å². The van der Waals surface area contributed by atoms with Gasteiger partial charge in [0.25, 0.3) is 5.91 Å². The van der Waals surface area contributed by atoms with Gasteiger partial charge < -0.3 is 9.64 Å². The average molecular weight is 364 g/mol. The molecular weight excluding hydrogens is 336 g/mol. The molecule has 2 aromatic carbocycles. The van der Waals surface area contributed by atoms with Gasteiger partial charge in [-0.3, -0.25) is 9.69 Å². The summed E-state index contributed by atoms with van der Waals surface area (Å²) in [5, 5.41) is 0. The molecule has 2 aliphatic rings. The number of carbonyl (C=O) groups is 1. The lowest BCUT2D eigenvalue weighted by molar-refractivity contribution is -0.141. The first-order valence-electron chi connectivity index (χ1n) is 10.1. The normalized spacial score (nSPS) is 19.8. The van der Waals surface area contributed by atoms with E-state index in [0.29, 0.717) is 0 Å². The molecule has 1 unspecified atom stereocenters. The number of nitrogens with zero attached hydrogens (tertiary/aromatic N) is 2. The molecule has 1 amide bonds. The molecule has 1 atom stereocenters. The van der Waals surface area contributed by atoms with Crippen molar-refractivity contribution in [3.8, 4) is 5.75 Å². The molecule has 142 valence electrons. The van der Waals surface area contributed by atoms with Crippen molar-refractivity contribution < 1.29 is 9.53 Å². The van der Waals surface area contributed by atoms with Gasteiger partial charge in [-0.2, -0.15) is 0 Å². The van der Waals surface area contributed by atoms with Gasteiger partial charge >= 0.3 is 0 Å². The van der Waals surface area contributed by atoms with E-state index in [0.717, 1.165) is 43.5 Å². The minimum Gasteiger partial charge on any atom is -0.476 e. The van der Waals surface area contributed by atoms with Crippen molar-refractivity contribution in [3.05, 3.63) is 66.2 Å². The lowest BCUT2D eigenvalue weighted by Crippen LogP contribution is -2.52. The van der Waals surface area contributed by atoms with Crippen molar-refractivity contribution in [2.45, 2.75) is 37.8 Å². The minimum atomic E-state index is -0.591. The molecule has 1 saturated carbocycles. The standard InChI is InChI=1S/C23H28N2O2/c26-23(25-17-15-24(16-18-25)20-11-7-8-12-20)22(19-9-3-1-4-10-19)27-21-13-5-2-6-14-21/h1-6,9-10,13-14,20,22H,7-8,11-12,15-18H2. The van der Waals surface area contributed by atoms with Gasteiger partial charge in [-0.15, -0.1) is 0 Å². The summed E-state index contributed by atoms with van der Waals surface area (Å²) in [6.07, 6.45) is 4.75. The molecule has 2 fully saturated rings. The number of piperazine rings is 1. The first-order chi connectivity index (χ1) is 13.3. The minimum absolute atomic E-state index is 0.0659. The van der Waals surface area contributed by atoms with Gasteiger partial charge in [0.2, 0.25) is 6.10 Å². The molecule has 4 nitrogen and oxygen atoms in total. The van der Waals surface area contributed by atoms with E-state index >= 15 is 0 Å². The zero-order valence-electron chi connectivity index (χ0n) is 15.8. The molecule has 0 spiro atoms. The maximum Gasteiger partial charge on any atom is 0.268 e. The summed E-state index contributed by atoms with van der Waals surface area (Å²) in [7, 11) is 0. The summed E-state index contributed by atoms with van der Waals surface area (Å²) in [6, 6.07) is 20.2. The van der Waals surface area contributed by atoms with E-state index < -0.39 is 6.10 Å². The molecular formula is C23H28N2O2. The molecule has 27 heavy (non-hydrogen) atoms. The van der Waals surface area contributed by atoms with E-state index in [1.165, 1.54) is 25.7 Å². The molecule has 2 aromatic rings. The fraction of sp³-hybridized carbons (Fsp3) is 0.435. The Morgan fingerprint density at radius 2 is 1.44 bits per heavy atom. The Bertz CT molecular complexity index is 721. The molecule has 1 saturated heterocycles. The number of rotatable bonds is 5. The third-order valence-electron chi connectivity index (χ3n) is 5.79. The van der Waals surface area contributed by atoms with Crippen molar-refractivity contribution >= 4 is 5.91 Å². The third kappa shape index (κ3) is 4.33. The van der Waals surface area contributed by atoms with Crippen LogP contribution in [0, 0.1) is 0 Å². The fourth-order valence-corrected chi connectivity index (χ4v) is 4.27. The Morgan fingerprint density at radius 1 is 0.852 bits per heavy atom. The second-order valence-electron chi connectivity index (χ2n) is 7.52. The number of benzene rings is 2. The predicted molar refractivity (Wildman–Crippen MR) is 107 cm³/mol. The number of ether oxygens (including phenoxy) is 1. The number of hydrogen-bond donors (Lipinski definition) is 0. The molecule has 0 aromatic heterocycles. The Morgan fingerprint density at radius 3 is 2.07 bits per heavy atom. The van der Waals surface area contributed by atoms with Crippen molar-refractivity contribution in [2.75, 3.05) is 26.2 Å². The topological polar surface area (TPSA) is 32.8 Å². The summed E-state index contributed by atoms with van der Waals surface area (Å²) >= 11 is 0. The largest absolute Gasteiger partial charge is 0.476 e. The summed E-state index contributed by atoms with van der Waals surface area (Å²) in [5.41, 5.74) is 0.907. The molecule has 1 aliphatic heterocycles. The highest BCUT2D eigenvalue weighted by Crippen LogP contribution is 2.27. The number of carbonyl (C=O) groups excluding carboxylic acids is 1. The molecule has 0 bridgehead atoms. The number of para-hydroxylation sites is 1. The van der Waals surface area contributed by atoms with Crippen LogP contribution in [-0.2, 0) is 4.79 Å². The SMILES string of the molecule is O=C(C(Oc1ccccc1)c1ccccc1)N1CCN(C2CCCC2)CC1. The summed E-state index contributed by atoms with van der Waals surface area (Å²) in [5.74, 6) is 0.792. The fourth-order valence-electron chi connectivity index (χ4n) is 4.27. The predicted octanol–water partition coefficient (Wildman–Crippen LogP) is 3.89. The van der Waals surface area contributed by atoms with Crippen LogP contribution in [0.25, 0.3) is 0 Å². The number of hydrogen-bond acceptors (Lipinski definition) is 3. The number of amides is 1. The Labute approximate surface area is 161 Å². The van der Waals surface area contributed by atoms with E-state index in [1.54, 1.807) is 0 Å². The van der Waals surface area contributed by atoms with E-state index in [1.807, 2.05) is 65.6 Å². The van der Waals surface area contributed by atoms with Crippen LogP contribution in [0.4, 0.5) is 0 Å². The van der Waals surface area contributed by atoms with Crippen LogP contribution >= 0.6 is 0 Å². The highest BCUT2D eigenvalue weighted by Gasteiger charge is 2.32. The van der Waals surface area contributed by atoms with Crippen LogP contribution in [0.5, 0.6) is 5.75 Å². The highest BCUT2D eigenvalue weighted by molar-refractivity contribution is 5.82. The van der Waals surface area contributed by atoms with E-state index in [2.05, 4.69) is 4.90 Å². The Kier molecular flexibility index (Phi) is 5.73. The molecule has 4 rings (SSSR count). The van der Waals surface area contributed by atoms with Crippen LogP contribution in [-0.4, -0.2) is 47.9 Å². The van der Waals surface area contributed by atoms with Gasteiger partial charge in [0.1, 0.15) is 5.75 Å². The molecule has 4 heteroatoms. The van der Waals surface area contributed by atoms with Gasteiger partial charge in [-0.05, 0) is 25.0 Å². The van der Waals surface area contributed by atoms with Crippen molar-refractivity contribution in [3.63, 3.8) is 0 Å². The lowest BCUT2D eigenvalue weighted by atomic mass is 10.1. The maximum atomic E-state index is 13.3. The van der Waals surface area contributed by atoms with Crippen LogP contribution in [0.15, 0.2) is 60.7 Å². The maximum absolute atomic E-state index is 13.3. The zero-order valence-corrected chi connectivity index (χ0v) is 15.8. The van der Waals surface area contributed by atoms with Crippen LogP contribution in [0.1, 0.15) is 37.4 Å². The van der Waals surface area contributed by atoms with E-state index in [4.69, 9.17) is 4.74 Å². The van der Waals surface area contributed by atoms with Crippen molar-refractivity contribution in [1.29, 1.82) is 0 Å². The second kappa shape index (κ2) is 8.57. The van der Waals surface area contributed by atoms with Crippen LogP contribution < -0.4 is 4.74 Å². The second-order valence-corrected chi connectivity index (χ2v) is 7.52. The summed E-state index contributed by atoms with van der Waals surface area (Å²) < 4.78 is 6.14. The first-order valence-corrected chi connectivity index (χ1v) is 10.1. The van der Waals surface area contributed by atoms with Gasteiger partial charge in [0.05, 0.1) is 0 Å². The Hall–Kier alpha value is -2.33. The van der Waals surface area contributed by atoms with Gasteiger partial charge in [0, 0.05) is 37.8 Å². The quantitative estimate of drug-likeness (QED) is 0.807. The highest BCUT2D eigenvalue weighted by atomic mass is 16.5. The van der Waals surface area contributed by atoms with Crippen molar-refractivity contribution in [2.24, 2.45) is 0 Å². The van der Waals surface area contributed by atoms with Crippen molar-refractivity contribution in [1.82, 2.24) is 9.80 Å². The lowest BCUT2D eigenvalue weighted by Gasteiger charge is -2.39. The summed E-state index contributed by atoms with van der Waals surface area (Å²) in [6.45, 7) is 3.53. The first kappa shape index (κ1) is 18.1. The zero-order chi connectivity index (χ0) is 18.5. The molecule has 0 radical (unpaired) electrons. The van der Waals surface area contributed by atoms with E-state index in [-0.39, 0.29) is 5.91 Å². The monoisotopic (exact) mass is 364 g/mol. The Balaban J connectivity index is 1.46. The van der Waals surface area contributed by atoms with Crippen LogP contribution in [0.2, 0.25) is 0 Å². The van der Waals surface area contributed by atoms with Gasteiger partial charge in [-0.25, -0.2) is 0 Å². The van der Waals surface area contributed by atoms with Gasteiger partial charge in [-0.1, -0.05) is 61.4 Å². The van der Waals surface area contributed by atoms with E-state index in [9.17, 15) is 4.79 Å². The molecule has 1 aliphatic carbocycles. The molecule has 0 N–H and O–H groups in total. The average Bonchev–Trinajstić information content (AvgIpc) is 3.28.